The fraction of sp³-hybridized carbons (Fsp3) is 0.314. The van der Waals surface area contributed by atoms with Crippen molar-refractivity contribution in [3.8, 4) is 22.5 Å². The maximum Gasteiger partial charge on any atom is 0.165 e. The molecule has 3 aromatic carbocycles. The van der Waals surface area contributed by atoms with Crippen molar-refractivity contribution in [3.05, 3.63) is 82.0 Å². The summed E-state index contributed by atoms with van der Waals surface area (Å²) in [5, 5.41) is 1.89. The molecule has 1 atom stereocenters. The van der Waals surface area contributed by atoms with Crippen molar-refractivity contribution in [1.29, 1.82) is 0 Å². The standard InChI is InChI=1S/C35H37N5/c1-19-14-21(3)27(22(4)15-19)23-12-13-26-25(16-23)30-29(32(38-26)37-18-36)31-35(8,34(5,6)7)17-24-11-9-10-20(2)28(24)33(39-30)40-31/h9-16,18H,17H2,1-8H3,(H2,36,37,38). The van der Waals surface area contributed by atoms with Crippen LogP contribution in [-0.2, 0) is 11.8 Å². The van der Waals surface area contributed by atoms with Crippen LogP contribution >= 0.6 is 0 Å². The summed E-state index contributed by atoms with van der Waals surface area (Å²) in [5.41, 5.74) is 18.0. The Kier molecular flexibility index (Phi) is 5.85. The lowest BCUT2D eigenvalue weighted by Crippen LogP contribution is -2.40. The summed E-state index contributed by atoms with van der Waals surface area (Å²) in [6, 6.07) is 17.5. The Balaban J connectivity index is 1.80. The van der Waals surface area contributed by atoms with Crippen molar-refractivity contribution in [3.63, 3.8) is 0 Å². The molecule has 2 bridgehead atoms. The molecule has 2 N–H and O–H groups in total. The minimum atomic E-state index is -0.308. The molecule has 5 nitrogen and oxygen atoms in total. The first-order chi connectivity index (χ1) is 18.9. The zero-order valence-corrected chi connectivity index (χ0v) is 24.8. The molecular formula is C35H37N5. The lowest BCUT2D eigenvalue weighted by atomic mass is 9.62. The van der Waals surface area contributed by atoms with Crippen molar-refractivity contribution >= 4 is 34.0 Å². The Bertz CT molecular complexity index is 1850. The van der Waals surface area contributed by atoms with Crippen molar-refractivity contribution in [1.82, 2.24) is 15.0 Å². The number of hydrogen-bond donors (Lipinski definition) is 1. The second-order valence-corrected chi connectivity index (χ2v) is 12.7. The van der Waals surface area contributed by atoms with E-state index in [1.165, 1.54) is 39.7 Å². The molecule has 5 aromatic rings. The summed E-state index contributed by atoms with van der Waals surface area (Å²) in [6.07, 6.45) is 2.17. The molecule has 40 heavy (non-hydrogen) atoms. The van der Waals surface area contributed by atoms with E-state index < -0.39 is 0 Å². The molecule has 6 rings (SSSR count). The number of aliphatic imine (C=N–C) groups is 1. The van der Waals surface area contributed by atoms with Gasteiger partial charge in [-0.15, -0.1) is 0 Å². The SMILES string of the molecule is Cc1cc(C)c(-c2ccc3nc(N=CN)c4c5nc(nc4c3c2)-c2c(C)cccc2CC5(C)C(C)(C)C)c(C)c1. The largest absolute Gasteiger partial charge is 0.390 e. The van der Waals surface area contributed by atoms with Gasteiger partial charge in [0.25, 0.3) is 0 Å². The van der Waals surface area contributed by atoms with Crippen LogP contribution in [0.5, 0.6) is 0 Å². The molecule has 0 aliphatic carbocycles. The van der Waals surface area contributed by atoms with Gasteiger partial charge in [0.15, 0.2) is 11.6 Å². The molecule has 0 spiro atoms. The van der Waals surface area contributed by atoms with Crippen LogP contribution < -0.4 is 5.73 Å². The zero-order valence-electron chi connectivity index (χ0n) is 24.8. The lowest BCUT2D eigenvalue weighted by molar-refractivity contribution is 0.199. The number of fused-ring (bicyclic) bond motifs is 8. The van der Waals surface area contributed by atoms with Crippen molar-refractivity contribution in [2.45, 2.75) is 67.2 Å². The normalized spacial score (nSPS) is 17.0. The number of aryl methyl sites for hydroxylation is 4. The van der Waals surface area contributed by atoms with E-state index in [-0.39, 0.29) is 10.8 Å². The maximum atomic E-state index is 5.88. The fourth-order valence-electron chi connectivity index (χ4n) is 6.61. The quantitative estimate of drug-likeness (QED) is 0.142. The van der Waals surface area contributed by atoms with E-state index >= 15 is 0 Å². The highest BCUT2D eigenvalue weighted by molar-refractivity contribution is 6.10. The van der Waals surface area contributed by atoms with Gasteiger partial charge in [0.1, 0.15) is 0 Å². The molecule has 5 heteroatoms. The number of hydrogen-bond acceptors (Lipinski definition) is 4. The van der Waals surface area contributed by atoms with E-state index in [0.717, 1.165) is 50.9 Å². The molecule has 0 radical (unpaired) electrons. The highest BCUT2D eigenvalue weighted by Crippen LogP contribution is 2.51. The molecule has 2 aromatic heterocycles. The molecule has 0 fully saturated rings. The third-order valence-electron chi connectivity index (χ3n) is 9.08. The van der Waals surface area contributed by atoms with Crippen LogP contribution in [0.4, 0.5) is 5.82 Å². The Morgan fingerprint density at radius 2 is 1.60 bits per heavy atom. The summed E-state index contributed by atoms with van der Waals surface area (Å²) < 4.78 is 0. The van der Waals surface area contributed by atoms with Gasteiger partial charge in [-0.25, -0.2) is 19.9 Å². The zero-order chi connectivity index (χ0) is 28.6. The minimum Gasteiger partial charge on any atom is -0.390 e. The number of nitrogens with zero attached hydrogens (tertiary/aromatic N) is 4. The first kappa shape index (κ1) is 26.1. The second-order valence-electron chi connectivity index (χ2n) is 12.7. The maximum absolute atomic E-state index is 5.88. The van der Waals surface area contributed by atoms with Gasteiger partial charge >= 0.3 is 0 Å². The van der Waals surface area contributed by atoms with Gasteiger partial charge in [0, 0.05) is 16.4 Å². The summed E-state index contributed by atoms with van der Waals surface area (Å²) in [7, 11) is 0. The Labute approximate surface area is 236 Å². The highest BCUT2D eigenvalue weighted by Gasteiger charge is 2.45. The van der Waals surface area contributed by atoms with Gasteiger partial charge in [-0.05, 0) is 85.0 Å². The Hall–Kier alpha value is -4.12. The van der Waals surface area contributed by atoms with Gasteiger partial charge in [-0.3, -0.25) is 0 Å². The van der Waals surface area contributed by atoms with Crippen LogP contribution in [0, 0.1) is 33.1 Å². The average molecular weight is 528 g/mol. The molecule has 202 valence electrons. The van der Waals surface area contributed by atoms with Gasteiger partial charge in [0.05, 0.1) is 28.5 Å². The molecule has 1 aliphatic rings. The van der Waals surface area contributed by atoms with E-state index in [4.69, 9.17) is 20.7 Å². The van der Waals surface area contributed by atoms with Gasteiger partial charge < -0.3 is 5.73 Å². The Morgan fingerprint density at radius 1 is 0.875 bits per heavy atom. The predicted molar refractivity (Wildman–Crippen MR) is 168 cm³/mol. The van der Waals surface area contributed by atoms with Crippen molar-refractivity contribution < 1.29 is 0 Å². The van der Waals surface area contributed by atoms with E-state index in [1.54, 1.807) is 0 Å². The third kappa shape index (κ3) is 3.82. The minimum absolute atomic E-state index is 0.104. The van der Waals surface area contributed by atoms with Gasteiger partial charge in [-0.1, -0.05) is 69.7 Å². The Morgan fingerprint density at radius 3 is 2.27 bits per heavy atom. The number of pyridine rings is 1. The molecule has 0 saturated heterocycles. The van der Waals surface area contributed by atoms with Crippen molar-refractivity contribution in [2.75, 3.05) is 0 Å². The molecule has 0 amide bonds. The summed E-state index contributed by atoms with van der Waals surface area (Å²) in [4.78, 5) is 20.2. The molecule has 1 unspecified atom stereocenters. The van der Waals surface area contributed by atoms with E-state index in [0.29, 0.717) is 5.82 Å². The van der Waals surface area contributed by atoms with Crippen LogP contribution in [-0.4, -0.2) is 21.3 Å². The van der Waals surface area contributed by atoms with Crippen molar-refractivity contribution in [2.24, 2.45) is 16.1 Å². The van der Waals surface area contributed by atoms with E-state index in [9.17, 15) is 0 Å². The van der Waals surface area contributed by atoms with Gasteiger partial charge in [-0.2, -0.15) is 0 Å². The fourth-order valence-corrected chi connectivity index (χ4v) is 6.61. The monoisotopic (exact) mass is 527 g/mol. The van der Waals surface area contributed by atoms with Crippen LogP contribution in [0.2, 0.25) is 0 Å². The summed E-state index contributed by atoms with van der Waals surface area (Å²) in [6.45, 7) is 17.9. The lowest BCUT2D eigenvalue weighted by Gasteiger charge is -2.41. The smallest absolute Gasteiger partial charge is 0.165 e. The van der Waals surface area contributed by atoms with Crippen LogP contribution in [0.3, 0.4) is 0 Å². The topological polar surface area (TPSA) is 77.0 Å². The van der Waals surface area contributed by atoms with E-state index in [2.05, 4.69) is 109 Å². The molecular weight excluding hydrogens is 490 g/mol. The van der Waals surface area contributed by atoms with Crippen LogP contribution in [0.25, 0.3) is 44.3 Å². The summed E-state index contributed by atoms with van der Waals surface area (Å²) >= 11 is 0. The van der Waals surface area contributed by atoms with Crippen LogP contribution in [0.1, 0.15) is 61.2 Å². The number of aromatic nitrogens is 3. The predicted octanol–water partition coefficient (Wildman–Crippen LogP) is 8.22. The number of benzene rings is 3. The molecule has 3 heterocycles. The average Bonchev–Trinajstić information content (AvgIpc) is 2.97. The second kappa shape index (κ2) is 8.95. The first-order valence-electron chi connectivity index (χ1n) is 14.0. The van der Waals surface area contributed by atoms with Crippen LogP contribution in [0.15, 0.2) is 53.5 Å². The first-order valence-corrected chi connectivity index (χ1v) is 14.0. The number of nitrogens with two attached hydrogens (primary N) is 1. The van der Waals surface area contributed by atoms with Gasteiger partial charge in [0.2, 0.25) is 0 Å². The number of rotatable bonds is 2. The molecule has 0 saturated carbocycles. The highest BCUT2D eigenvalue weighted by atomic mass is 15.0. The molecule has 1 aliphatic heterocycles. The summed E-state index contributed by atoms with van der Waals surface area (Å²) in [5.74, 6) is 1.34. The van der Waals surface area contributed by atoms with E-state index in [1.807, 2.05) is 0 Å². The third-order valence-corrected chi connectivity index (χ3v) is 9.08.